The van der Waals surface area contributed by atoms with Crippen molar-refractivity contribution in [2.24, 2.45) is 7.05 Å². The van der Waals surface area contributed by atoms with Crippen LogP contribution in [0.5, 0.6) is 5.88 Å². The fraction of sp³-hybridized carbons (Fsp3) is 0.273. The van der Waals surface area contributed by atoms with Gasteiger partial charge in [-0.05, 0) is 32.0 Å². The highest BCUT2D eigenvalue weighted by Crippen LogP contribution is 2.37. The number of anilines is 1. The van der Waals surface area contributed by atoms with E-state index in [4.69, 9.17) is 10.5 Å². The van der Waals surface area contributed by atoms with E-state index in [9.17, 15) is 4.39 Å². The monoisotopic (exact) mass is 419 g/mol. The molecule has 1 aromatic carbocycles. The molecule has 0 aliphatic carbocycles. The van der Waals surface area contributed by atoms with Gasteiger partial charge in [0.1, 0.15) is 17.6 Å². The number of ether oxygens (including phenoxy) is 1. The third-order valence-corrected chi connectivity index (χ3v) is 5.61. The fourth-order valence-corrected chi connectivity index (χ4v) is 4.15. The van der Waals surface area contributed by atoms with Crippen molar-refractivity contribution in [3.63, 3.8) is 0 Å². The van der Waals surface area contributed by atoms with Gasteiger partial charge in [-0.2, -0.15) is 10.2 Å². The molecule has 158 valence electrons. The van der Waals surface area contributed by atoms with E-state index in [0.717, 1.165) is 28.1 Å². The molecule has 0 amide bonds. The topological polar surface area (TPSA) is 96.7 Å². The first-order valence-corrected chi connectivity index (χ1v) is 10.1. The van der Waals surface area contributed by atoms with Crippen molar-refractivity contribution in [2.45, 2.75) is 32.9 Å². The van der Waals surface area contributed by atoms with Gasteiger partial charge in [0.2, 0.25) is 0 Å². The van der Waals surface area contributed by atoms with Crippen molar-refractivity contribution in [3.05, 3.63) is 59.3 Å². The Morgan fingerprint density at radius 3 is 2.74 bits per heavy atom. The second-order valence-corrected chi connectivity index (χ2v) is 7.59. The molecule has 4 aromatic rings. The lowest BCUT2D eigenvalue weighted by Crippen LogP contribution is -2.12. The van der Waals surface area contributed by atoms with Crippen LogP contribution in [0.3, 0.4) is 0 Å². The standard InChI is InChI=1S/C22H22FN7O/c1-4-30-19-13(10-27-30)7-14-9-26-29(3)20(14)18-11-25-21(24)22(28-18)31-12(2)17-8-15(23)5-6-16(17)19/h5-6,8-12H,4,7H2,1-3H3,(H2,24,25). The number of halogens is 1. The first-order valence-electron chi connectivity index (χ1n) is 10.1. The van der Waals surface area contributed by atoms with Crippen LogP contribution in [0, 0.1) is 5.82 Å². The molecule has 1 aliphatic rings. The van der Waals surface area contributed by atoms with Gasteiger partial charge in [-0.1, -0.05) is 0 Å². The van der Waals surface area contributed by atoms with Crippen molar-refractivity contribution in [1.82, 2.24) is 29.5 Å². The van der Waals surface area contributed by atoms with Gasteiger partial charge in [-0.25, -0.2) is 14.4 Å². The number of rotatable bonds is 1. The number of aryl methyl sites for hydroxylation is 2. The Bertz CT molecular complexity index is 1290. The summed E-state index contributed by atoms with van der Waals surface area (Å²) in [6.45, 7) is 4.56. The van der Waals surface area contributed by atoms with Gasteiger partial charge >= 0.3 is 0 Å². The Morgan fingerprint density at radius 1 is 1.16 bits per heavy atom. The Hall–Kier alpha value is -3.75. The van der Waals surface area contributed by atoms with Crippen molar-refractivity contribution in [1.29, 1.82) is 0 Å². The molecule has 0 spiro atoms. The van der Waals surface area contributed by atoms with Crippen LogP contribution in [0.1, 0.15) is 36.6 Å². The Morgan fingerprint density at radius 2 is 1.94 bits per heavy atom. The average molecular weight is 419 g/mol. The summed E-state index contributed by atoms with van der Waals surface area (Å²) in [5.74, 6) is 0.0403. The normalized spacial score (nSPS) is 15.2. The zero-order chi connectivity index (χ0) is 21.7. The fourth-order valence-electron chi connectivity index (χ4n) is 4.15. The van der Waals surface area contributed by atoms with Gasteiger partial charge in [0.25, 0.3) is 5.88 Å². The summed E-state index contributed by atoms with van der Waals surface area (Å²) in [5.41, 5.74) is 12.0. The Kier molecular flexibility index (Phi) is 4.46. The zero-order valence-corrected chi connectivity index (χ0v) is 17.5. The molecule has 5 rings (SSSR count). The predicted octanol–water partition coefficient (Wildman–Crippen LogP) is 3.53. The maximum absolute atomic E-state index is 14.3. The lowest BCUT2D eigenvalue weighted by atomic mass is 9.95. The molecule has 2 bridgehead atoms. The number of benzene rings is 1. The molecule has 1 atom stereocenters. The number of aromatic nitrogens is 6. The molecule has 9 heteroatoms. The predicted molar refractivity (Wildman–Crippen MR) is 114 cm³/mol. The Labute approximate surface area is 178 Å². The SMILES string of the molecule is CCn1ncc2c1-c1ccc(F)cc1C(C)Oc1nc(cnc1N)-c1c(cnn1C)C2. The van der Waals surface area contributed by atoms with Crippen LogP contribution < -0.4 is 10.5 Å². The molecule has 1 aliphatic heterocycles. The summed E-state index contributed by atoms with van der Waals surface area (Å²) >= 11 is 0. The van der Waals surface area contributed by atoms with Crippen LogP contribution in [-0.4, -0.2) is 29.5 Å². The van der Waals surface area contributed by atoms with Gasteiger partial charge in [0, 0.05) is 42.3 Å². The lowest BCUT2D eigenvalue weighted by Gasteiger charge is -2.21. The van der Waals surface area contributed by atoms with E-state index in [-0.39, 0.29) is 17.5 Å². The first-order chi connectivity index (χ1) is 15.0. The first kappa shape index (κ1) is 19.2. The van der Waals surface area contributed by atoms with Crippen molar-refractivity contribution in [3.8, 4) is 28.5 Å². The minimum atomic E-state index is -0.518. The van der Waals surface area contributed by atoms with E-state index in [1.165, 1.54) is 12.1 Å². The molecule has 1 unspecified atom stereocenters. The zero-order valence-electron chi connectivity index (χ0n) is 17.5. The highest BCUT2D eigenvalue weighted by molar-refractivity contribution is 5.70. The van der Waals surface area contributed by atoms with E-state index in [0.29, 0.717) is 24.2 Å². The van der Waals surface area contributed by atoms with E-state index >= 15 is 0 Å². The second-order valence-electron chi connectivity index (χ2n) is 7.59. The highest BCUT2D eigenvalue weighted by atomic mass is 19.1. The largest absolute Gasteiger partial charge is 0.467 e. The minimum Gasteiger partial charge on any atom is -0.467 e. The number of hydrogen-bond donors (Lipinski definition) is 1. The maximum atomic E-state index is 14.3. The van der Waals surface area contributed by atoms with Gasteiger partial charge in [-0.3, -0.25) is 9.36 Å². The highest BCUT2D eigenvalue weighted by Gasteiger charge is 2.25. The van der Waals surface area contributed by atoms with Crippen LogP contribution in [0.15, 0.2) is 36.8 Å². The van der Waals surface area contributed by atoms with Gasteiger partial charge in [0.05, 0.1) is 30.0 Å². The van der Waals surface area contributed by atoms with Crippen LogP contribution >= 0.6 is 0 Å². The summed E-state index contributed by atoms with van der Waals surface area (Å²) in [4.78, 5) is 8.89. The van der Waals surface area contributed by atoms with Gasteiger partial charge in [-0.15, -0.1) is 0 Å². The smallest absolute Gasteiger partial charge is 0.258 e. The number of nitrogen functional groups attached to an aromatic ring is 1. The molecule has 0 radical (unpaired) electrons. The lowest BCUT2D eigenvalue weighted by molar-refractivity contribution is 0.218. The quantitative estimate of drug-likeness (QED) is 0.507. The molecule has 4 heterocycles. The van der Waals surface area contributed by atoms with Crippen LogP contribution in [-0.2, 0) is 20.0 Å². The number of hydrogen-bond acceptors (Lipinski definition) is 6. The molecule has 3 aromatic heterocycles. The molecular weight excluding hydrogens is 397 g/mol. The van der Waals surface area contributed by atoms with E-state index in [1.54, 1.807) is 16.9 Å². The third kappa shape index (κ3) is 3.13. The van der Waals surface area contributed by atoms with E-state index < -0.39 is 6.10 Å². The summed E-state index contributed by atoms with van der Waals surface area (Å²) in [7, 11) is 1.86. The number of nitrogens with zero attached hydrogens (tertiary/aromatic N) is 6. The molecule has 0 saturated heterocycles. The molecule has 2 N–H and O–H groups in total. The van der Waals surface area contributed by atoms with Gasteiger partial charge in [0.15, 0.2) is 5.82 Å². The molecule has 8 nitrogen and oxygen atoms in total. The molecule has 0 fully saturated rings. The van der Waals surface area contributed by atoms with E-state index in [2.05, 4.69) is 20.2 Å². The van der Waals surface area contributed by atoms with Crippen LogP contribution in [0.4, 0.5) is 10.2 Å². The second kappa shape index (κ2) is 7.19. The summed E-state index contributed by atoms with van der Waals surface area (Å²) in [6.07, 6.45) is 5.37. The van der Waals surface area contributed by atoms with Crippen LogP contribution in [0.2, 0.25) is 0 Å². The number of nitrogens with two attached hydrogens (primary N) is 1. The maximum Gasteiger partial charge on any atom is 0.258 e. The molecule has 31 heavy (non-hydrogen) atoms. The Balaban J connectivity index is 1.82. The molecular formula is C22H22FN7O. The summed E-state index contributed by atoms with van der Waals surface area (Å²) in [6, 6.07) is 4.72. The number of fused-ring (bicyclic) bond motifs is 7. The summed E-state index contributed by atoms with van der Waals surface area (Å²) in [5, 5.41) is 9.02. The van der Waals surface area contributed by atoms with Crippen molar-refractivity contribution >= 4 is 5.82 Å². The third-order valence-electron chi connectivity index (χ3n) is 5.61. The minimum absolute atomic E-state index is 0.175. The van der Waals surface area contributed by atoms with Crippen molar-refractivity contribution in [2.75, 3.05) is 5.73 Å². The van der Waals surface area contributed by atoms with Crippen LogP contribution in [0.25, 0.3) is 22.6 Å². The molecule has 0 saturated carbocycles. The average Bonchev–Trinajstić information content (AvgIpc) is 3.32. The van der Waals surface area contributed by atoms with Gasteiger partial charge < -0.3 is 10.5 Å². The van der Waals surface area contributed by atoms with E-state index in [1.807, 2.05) is 38.0 Å². The van der Waals surface area contributed by atoms with Crippen molar-refractivity contribution < 1.29 is 9.13 Å². The summed E-state index contributed by atoms with van der Waals surface area (Å²) < 4.78 is 24.1.